The molecule has 2 saturated carbocycles. The first-order valence-electron chi connectivity index (χ1n) is 11.8. The molecule has 0 radical (unpaired) electrons. The number of carboxylic acids is 1. The molecule has 0 spiro atoms. The van der Waals surface area contributed by atoms with Gasteiger partial charge in [-0.05, 0) is 61.3 Å². The smallest absolute Gasteiger partial charge is 0.407 e. The van der Waals surface area contributed by atoms with Gasteiger partial charge in [0.05, 0.1) is 10.8 Å². The van der Waals surface area contributed by atoms with Crippen molar-refractivity contribution in [2.24, 2.45) is 16.7 Å². The van der Waals surface area contributed by atoms with Crippen molar-refractivity contribution in [3.05, 3.63) is 59.7 Å². The van der Waals surface area contributed by atoms with Crippen LogP contribution in [0, 0.1) is 16.7 Å². The Labute approximate surface area is 198 Å². The molecular weight excluding hydrogens is 432 g/mol. The van der Waals surface area contributed by atoms with Crippen molar-refractivity contribution in [1.82, 2.24) is 10.6 Å². The van der Waals surface area contributed by atoms with Crippen molar-refractivity contribution in [1.29, 1.82) is 0 Å². The summed E-state index contributed by atoms with van der Waals surface area (Å²) >= 11 is 0. The summed E-state index contributed by atoms with van der Waals surface area (Å²) in [6.07, 6.45) is 1.33. The van der Waals surface area contributed by atoms with Crippen LogP contribution in [0.1, 0.15) is 50.2 Å². The third-order valence-corrected chi connectivity index (χ3v) is 7.81. The van der Waals surface area contributed by atoms with Gasteiger partial charge in [0, 0.05) is 18.5 Å². The Bertz CT molecular complexity index is 1110. The number of aliphatic carboxylic acids is 1. The van der Waals surface area contributed by atoms with Crippen LogP contribution in [-0.4, -0.2) is 42.3 Å². The monoisotopic (exact) mass is 462 g/mol. The standard InChI is InChI=1S/C27H30N2O5/c1-26(2,23(30)29-17-11-16-12-27(16,13-17)24(31)32)15-28-25(33)34-14-22-20-9-5-3-7-18(20)19-8-4-6-10-21(19)22/h3-10,16-17,22H,11-15H2,1-2H3,(H,28,33)(H,29,30)(H,31,32). The summed E-state index contributed by atoms with van der Waals surface area (Å²) in [4.78, 5) is 36.8. The lowest BCUT2D eigenvalue weighted by Crippen LogP contribution is -2.48. The third kappa shape index (κ3) is 3.83. The average molecular weight is 463 g/mol. The highest BCUT2D eigenvalue weighted by Gasteiger charge is 2.65. The highest BCUT2D eigenvalue weighted by atomic mass is 16.5. The van der Waals surface area contributed by atoms with Crippen molar-refractivity contribution in [2.75, 3.05) is 13.2 Å². The minimum absolute atomic E-state index is 0.0233. The van der Waals surface area contributed by atoms with E-state index in [1.165, 1.54) is 11.1 Å². The Morgan fingerprint density at radius 3 is 2.24 bits per heavy atom. The second-order valence-corrected chi connectivity index (χ2v) is 10.5. The summed E-state index contributed by atoms with van der Waals surface area (Å²) in [7, 11) is 0. The molecule has 2 fully saturated rings. The van der Waals surface area contributed by atoms with Crippen molar-refractivity contribution in [2.45, 2.75) is 45.1 Å². The van der Waals surface area contributed by atoms with Crippen LogP contribution in [-0.2, 0) is 14.3 Å². The molecule has 34 heavy (non-hydrogen) atoms. The first-order chi connectivity index (χ1) is 16.2. The van der Waals surface area contributed by atoms with E-state index in [0.717, 1.165) is 11.1 Å². The molecule has 3 aliphatic rings. The van der Waals surface area contributed by atoms with Crippen LogP contribution >= 0.6 is 0 Å². The number of hydrogen-bond donors (Lipinski definition) is 3. The summed E-state index contributed by atoms with van der Waals surface area (Å²) in [5.41, 5.74) is 3.13. The Balaban J connectivity index is 1.13. The van der Waals surface area contributed by atoms with Crippen LogP contribution in [0.2, 0.25) is 0 Å². The summed E-state index contributed by atoms with van der Waals surface area (Å²) in [6.45, 7) is 3.85. The van der Waals surface area contributed by atoms with Gasteiger partial charge < -0.3 is 20.5 Å². The minimum Gasteiger partial charge on any atom is -0.481 e. The number of benzene rings is 2. The highest BCUT2D eigenvalue weighted by molar-refractivity contribution is 5.84. The van der Waals surface area contributed by atoms with E-state index in [1.54, 1.807) is 13.8 Å². The van der Waals surface area contributed by atoms with Gasteiger partial charge in [-0.15, -0.1) is 0 Å². The van der Waals surface area contributed by atoms with Gasteiger partial charge in [-0.25, -0.2) is 4.79 Å². The van der Waals surface area contributed by atoms with E-state index in [-0.39, 0.29) is 36.9 Å². The number of fused-ring (bicyclic) bond motifs is 4. The molecule has 7 heteroatoms. The molecule has 2 aromatic carbocycles. The molecule has 0 saturated heterocycles. The van der Waals surface area contributed by atoms with E-state index in [9.17, 15) is 19.5 Å². The van der Waals surface area contributed by atoms with Gasteiger partial charge in [-0.1, -0.05) is 48.5 Å². The molecule has 0 aliphatic heterocycles. The predicted molar refractivity (Wildman–Crippen MR) is 126 cm³/mol. The minimum atomic E-state index is -0.852. The lowest BCUT2D eigenvalue weighted by atomic mass is 9.91. The molecular formula is C27H30N2O5. The normalized spacial score (nSPS) is 24.5. The second-order valence-electron chi connectivity index (χ2n) is 10.5. The summed E-state index contributed by atoms with van der Waals surface area (Å²) in [5, 5.41) is 15.2. The van der Waals surface area contributed by atoms with Crippen molar-refractivity contribution >= 4 is 18.0 Å². The first kappa shape index (κ1) is 22.4. The van der Waals surface area contributed by atoms with Gasteiger partial charge in [0.2, 0.25) is 5.91 Å². The predicted octanol–water partition coefficient (Wildman–Crippen LogP) is 3.92. The fourth-order valence-corrected chi connectivity index (χ4v) is 5.67. The summed E-state index contributed by atoms with van der Waals surface area (Å²) < 4.78 is 5.56. The number of alkyl carbamates (subject to hydrolysis) is 1. The maximum atomic E-state index is 12.8. The maximum Gasteiger partial charge on any atom is 0.407 e. The zero-order valence-electron chi connectivity index (χ0n) is 19.5. The van der Waals surface area contributed by atoms with Gasteiger partial charge >= 0.3 is 12.1 Å². The highest BCUT2D eigenvalue weighted by Crippen LogP contribution is 2.63. The van der Waals surface area contributed by atoms with Gasteiger partial charge in [0.1, 0.15) is 6.61 Å². The van der Waals surface area contributed by atoms with Crippen LogP contribution in [0.25, 0.3) is 11.1 Å². The number of hydrogen-bond acceptors (Lipinski definition) is 4. The van der Waals surface area contributed by atoms with Gasteiger partial charge in [0.15, 0.2) is 0 Å². The van der Waals surface area contributed by atoms with Crippen LogP contribution < -0.4 is 10.6 Å². The fourth-order valence-electron chi connectivity index (χ4n) is 5.67. The van der Waals surface area contributed by atoms with E-state index in [0.29, 0.717) is 19.3 Å². The molecule has 2 amide bonds. The molecule has 7 nitrogen and oxygen atoms in total. The van der Waals surface area contributed by atoms with E-state index in [4.69, 9.17) is 4.74 Å². The number of rotatable bonds is 7. The maximum absolute atomic E-state index is 12.8. The summed E-state index contributed by atoms with van der Waals surface area (Å²) in [5.74, 6) is -0.814. The van der Waals surface area contributed by atoms with Crippen LogP contribution in [0.3, 0.4) is 0 Å². The van der Waals surface area contributed by atoms with E-state index in [2.05, 4.69) is 34.9 Å². The molecule has 3 atom stereocenters. The number of carboxylic acid groups (broad SMARTS) is 1. The van der Waals surface area contributed by atoms with E-state index in [1.807, 2.05) is 24.3 Å². The lowest BCUT2D eigenvalue weighted by Gasteiger charge is -2.27. The van der Waals surface area contributed by atoms with Crippen LogP contribution in [0.4, 0.5) is 4.79 Å². The Kier molecular flexibility index (Phi) is 5.38. The van der Waals surface area contributed by atoms with Gasteiger partial charge in [-0.3, -0.25) is 9.59 Å². The Morgan fingerprint density at radius 2 is 1.65 bits per heavy atom. The lowest BCUT2D eigenvalue weighted by molar-refractivity contribution is -0.144. The molecule has 3 N–H and O–H groups in total. The topological polar surface area (TPSA) is 105 Å². The molecule has 5 rings (SSSR count). The van der Waals surface area contributed by atoms with Crippen LogP contribution in [0.5, 0.6) is 0 Å². The molecule has 3 aliphatic carbocycles. The molecule has 0 bridgehead atoms. The number of carbonyl (C=O) groups is 3. The fraction of sp³-hybridized carbons (Fsp3) is 0.444. The molecule has 0 aromatic heterocycles. The SMILES string of the molecule is CC(C)(CNC(=O)OCC1c2ccccc2-c2ccccc21)C(=O)NC1CC2CC2(C(=O)O)C1. The largest absolute Gasteiger partial charge is 0.481 e. The number of amides is 2. The number of carbonyl (C=O) groups excluding carboxylic acids is 2. The van der Waals surface area contributed by atoms with Crippen molar-refractivity contribution < 1.29 is 24.2 Å². The van der Waals surface area contributed by atoms with Crippen molar-refractivity contribution in [3.8, 4) is 11.1 Å². The van der Waals surface area contributed by atoms with Gasteiger partial charge in [-0.2, -0.15) is 0 Å². The van der Waals surface area contributed by atoms with Crippen LogP contribution in [0.15, 0.2) is 48.5 Å². The quantitative estimate of drug-likeness (QED) is 0.579. The molecule has 3 unspecified atom stereocenters. The van der Waals surface area contributed by atoms with E-state index < -0.39 is 22.9 Å². The molecule has 0 heterocycles. The summed E-state index contributed by atoms with van der Waals surface area (Å²) in [6, 6.07) is 16.2. The zero-order valence-corrected chi connectivity index (χ0v) is 19.5. The Hall–Kier alpha value is -3.35. The molecule has 178 valence electrons. The number of ether oxygens (including phenoxy) is 1. The Morgan fingerprint density at radius 1 is 1.03 bits per heavy atom. The van der Waals surface area contributed by atoms with Crippen molar-refractivity contribution in [3.63, 3.8) is 0 Å². The number of nitrogens with one attached hydrogen (secondary N) is 2. The van der Waals surface area contributed by atoms with E-state index >= 15 is 0 Å². The van der Waals surface area contributed by atoms with Gasteiger partial charge in [0.25, 0.3) is 0 Å². The second kappa shape index (κ2) is 8.15. The third-order valence-electron chi connectivity index (χ3n) is 7.81. The first-order valence-corrected chi connectivity index (χ1v) is 11.8. The molecule has 2 aromatic rings. The average Bonchev–Trinajstić information content (AvgIpc) is 3.25. The zero-order chi connectivity index (χ0) is 24.1.